The number of carbonyl (C=O) groups is 1. The van der Waals surface area contributed by atoms with Gasteiger partial charge in [0, 0.05) is 22.9 Å². The maximum Gasteiger partial charge on any atom is 0.238 e. The molecule has 0 atom stereocenters. The van der Waals surface area contributed by atoms with E-state index in [0.29, 0.717) is 6.54 Å². The quantitative estimate of drug-likeness (QED) is 0.843. The molecule has 0 aliphatic carbocycles. The summed E-state index contributed by atoms with van der Waals surface area (Å²) < 4.78 is 0.987. The Balaban J connectivity index is 1.80. The van der Waals surface area contributed by atoms with E-state index in [1.165, 1.54) is 5.56 Å². The van der Waals surface area contributed by atoms with Gasteiger partial charge in [-0.3, -0.25) is 9.78 Å². The molecule has 1 heterocycles. The molecule has 0 aliphatic heterocycles. The Labute approximate surface area is 133 Å². The maximum absolute atomic E-state index is 11.8. The predicted octanol–water partition coefficient (Wildman–Crippen LogP) is 3.13. The van der Waals surface area contributed by atoms with Crippen molar-refractivity contribution in [2.45, 2.75) is 19.9 Å². The van der Waals surface area contributed by atoms with Crippen molar-refractivity contribution in [2.24, 2.45) is 0 Å². The van der Waals surface area contributed by atoms with Crippen LogP contribution in [-0.4, -0.2) is 17.4 Å². The first-order valence-corrected chi connectivity index (χ1v) is 7.67. The summed E-state index contributed by atoms with van der Waals surface area (Å²) in [5, 5.41) is 5.97. The van der Waals surface area contributed by atoms with Gasteiger partial charge < -0.3 is 10.6 Å². The van der Waals surface area contributed by atoms with Crippen molar-refractivity contribution in [1.82, 2.24) is 10.3 Å². The lowest BCUT2D eigenvalue weighted by molar-refractivity contribution is -0.115. The van der Waals surface area contributed by atoms with Gasteiger partial charge in [-0.1, -0.05) is 28.9 Å². The van der Waals surface area contributed by atoms with Crippen molar-refractivity contribution in [3.8, 4) is 0 Å². The summed E-state index contributed by atoms with van der Waals surface area (Å²) in [4.78, 5) is 16.2. The molecular weight excluding hydrogens is 330 g/mol. The minimum atomic E-state index is -0.0636. The van der Waals surface area contributed by atoms with E-state index in [1.807, 2.05) is 30.3 Å². The monoisotopic (exact) mass is 347 g/mol. The summed E-state index contributed by atoms with van der Waals surface area (Å²) in [5.41, 5.74) is 2.99. The van der Waals surface area contributed by atoms with Crippen LogP contribution in [0.4, 0.5) is 5.69 Å². The van der Waals surface area contributed by atoms with Gasteiger partial charge in [-0.2, -0.15) is 0 Å². The van der Waals surface area contributed by atoms with Crippen LogP contribution in [0.1, 0.15) is 18.2 Å². The highest BCUT2D eigenvalue weighted by atomic mass is 79.9. The molecule has 4 nitrogen and oxygen atoms in total. The second-order valence-electron chi connectivity index (χ2n) is 4.62. The van der Waals surface area contributed by atoms with E-state index in [1.54, 1.807) is 6.20 Å². The molecule has 0 spiro atoms. The number of anilines is 1. The first-order chi connectivity index (χ1) is 10.2. The standard InChI is InChI=1S/C16H18BrN3O/c1-2-12-4-3-9-19-15(12)10-18-11-16(21)20-14-7-5-13(17)6-8-14/h3-9,18H,2,10-11H2,1H3,(H,20,21). The maximum atomic E-state index is 11.8. The van der Waals surface area contributed by atoms with Gasteiger partial charge in [0.05, 0.1) is 12.2 Å². The van der Waals surface area contributed by atoms with Crippen molar-refractivity contribution in [3.05, 3.63) is 58.3 Å². The van der Waals surface area contributed by atoms with Gasteiger partial charge in [0.15, 0.2) is 0 Å². The molecule has 0 unspecified atom stereocenters. The molecule has 1 aromatic carbocycles. The molecule has 21 heavy (non-hydrogen) atoms. The van der Waals surface area contributed by atoms with Gasteiger partial charge in [0.1, 0.15) is 0 Å². The second kappa shape index (κ2) is 7.90. The summed E-state index contributed by atoms with van der Waals surface area (Å²) in [6.07, 6.45) is 2.72. The third-order valence-corrected chi connectivity index (χ3v) is 3.60. The van der Waals surface area contributed by atoms with Crippen molar-refractivity contribution in [1.29, 1.82) is 0 Å². The molecule has 0 saturated heterocycles. The van der Waals surface area contributed by atoms with Crippen LogP contribution < -0.4 is 10.6 Å². The first kappa shape index (κ1) is 15.7. The summed E-state index contributed by atoms with van der Waals surface area (Å²) in [6.45, 7) is 2.95. The first-order valence-electron chi connectivity index (χ1n) is 6.88. The van der Waals surface area contributed by atoms with Crippen LogP contribution >= 0.6 is 15.9 Å². The lowest BCUT2D eigenvalue weighted by Crippen LogP contribution is -2.28. The van der Waals surface area contributed by atoms with Crippen molar-refractivity contribution < 1.29 is 4.79 Å². The predicted molar refractivity (Wildman–Crippen MR) is 88.1 cm³/mol. The number of aromatic nitrogens is 1. The highest BCUT2D eigenvalue weighted by Crippen LogP contribution is 2.13. The highest BCUT2D eigenvalue weighted by Gasteiger charge is 2.04. The Bertz CT molecular complexity index is 599. The van der Waals surface area contributed by atoms with Gasteiger partial charge in [-0.15, -0.1) is 0 Å². The topological polar surface area (TPSA) is 54.0 Å². The van der Waals surface area contributed by atoms with Crippen LogP contribution in [0.15, 0.2) is 47.1 Å². The number of nitrogens with one attached hydrogen (secondary N) is 2. The lowest BCUT2D eigenvalue weighted by Gasteiger charge is -2.09. The molecule has 1 amide bonds. The summed E-state index contributed by atoms with van der Waals surface area (Å²) in [7, 11) is 0. The smallest absolute Gasteiger partial charge is 0.238 e. The zero-order chi connectivity index (χ0) is 15.1. The Morgan fingerprint density at radius 3 is 2.71 bits per heavy atom. The van der Waals surface area contributed by atoms with Gasteiger partial charge in [0.2, 0.25) is 5.91 Å². The molecule has 0 radical (unpaired) electrons. The van der Waals surface area contributed by atoms with Crippen LogP contribution in [-0.2, 0) is 17.8 Å². The summed E-state index contributed by atoms with van der Waals surface area (Å²) >= 11 is 3.36. The van der Waals surface area contributed by atoms with Crippen molar-refractivity contribution in [3.63, 3.8) is 0 Å². The highest BCUT2D eigenvalue weighted by molar-refractivity contribution is 9.10. The van der Waals surface area contributed by atoms with Crippen molar-refractivity contribution >= 4 is 27.5 Å². The molecule has 2 N–H and O–H groups in total. The molecule has 1 aromatic heterocycles. The number of nitrogens with zero attached hydrogens (tertiary/aromatic N) is 1. The van der Waals surface area contributed by atoms with Gasteiger partial charge in [-0.25, -0.2) is 0 Å². The van der Waals surface area contributed by atoms with E-state index in [2.05, 4.69) is 44.5 Å². The average molecular weight is 348 g/mol. The molecule has 2 aromatic rings. The van der Waals surface area contributed by atoms with E-state index in [4.69, 9.17) is 0 Å². The van der Waals surface area contributed by atoms with Crippen LogP contribution in [0.3, 0.4) is 0 Å². The minimum Gasteiger partial charge on any atom is -0.325 e. The SMILES string of the molecule is CCc1cccnc1CNCC(=O)Nc1ccc(Br)cc1. The van der Waals surface area contributed by atoms with Crippen LogP contribution in [0.5, 0.6) is 0 Å². The fraction of sp³-hybridized carbons (Fsp3) is 0.250. The number of amides is 1. The fourth-order valence-corrected chi connectivity index (χ4v) is 2.25. The Morgan fingerprint density at radius 2 is 2.00 bits per heavy atom. The zero-order valence-electron chi connectivity index (χ0n) is 11.9. The van der Waals surface area contributed by atoms with E-state index in [-0.39, 0.29) is 12.5 Å². The number of rotatable bonds is 6. The largest absolute Gasteiger partial charge is 0.325 e. The number of hydrogen-bond donors (Lipinski definition) is 2. The third kappa shape index (κ3) is 4.95. The van der Waals surface area contributed by atoms with Crippen molar-refractivity contribution in [2.75, 3.05) is 11.9 Å². The minimum absolute atomic E-state index is 0.0636. The zero-order valence-corrected chi connectivity index (χ0v) is 13.5. The normalized spacial score (nSPS) is 10.4. The number of benzene rings is 1. The summed E-state index contributed by atoms with van der Waals surface area (Å²) in [6, 6.07) is 11.5. The van der Waals surface area contributed by atoms with E-state index in [9.17, 15) is 4.79 Å². The molecule has 2 rings (SSSR count). The average Bonchev–Trinajstić information content (AvgIpc) is 2.50. The van der Waals surface area contributed by atoms with Gasteiger partial charge >= 0.3 is 0 Å². The Morgan fingerprint density at radius 1 is 1.24 bits per heavy atom. The molecule has 5 heteroatoms. The van der Waals surface area contributed by atoms with Gasteiger partial charge in [-0.05, 0) is 42.3 Å². The van der Waals surface area contributed by atoms with E-state index < -0.39 is 0 Å². The number of pyridine rings is 1. The number of hydrogen-bond acceptors (Lipinski definition) is 3. The third-order valence-electron chi connectivity index (χ3n) is 3.07. The van der Waals surface area contributed by atoms with Crippen LogP contribution in [0.2, 0.25) is 0 Å². The van der Waals surface area contributed by atoms with E-state index >= 15 is 0 Å². The van der Waals surface area contributed by atoms with Crippen LogP contribution in [0, 0.1) is 0 Å². The molecule has 110 valence electrons. The summed E-state index contributed by atoms with van der Waals surface area (Å²) in [5.74, 6) is -0.0636. The second-order valence-corrected chi connectivity index (χ2v) is 5.54. The molecular formula is C16H18BrN3O. The van der Waals surface area contributed by atoms with Gasteiger partial charge in [0.25, 0.3) is 0 Å². The van der Waals surface area contributed by atoms with Crippen LogP contribution in [0.25, 0.3) is 0 Å². The number of carbonyl (C=O) groups excluding carboxylic acids is 1. The molecule has 0 bridgehead atoms. The fourth-order valence-electron chi connectivity index (χ4n) is 1.99. The molecule has 0 saturated carbocycles. The lowest BCUT2D eigenvalue weighted by atomic mass is 10.1. The van der Waals surface area contributed by atoms with E-state index in [0.717, 1.165) is 22.3 Å². The molecule has 0 aliphatic rings. The number of halogens is 1. The molecule has 0 fully saturated rings. The Hall–Kier alpha value is -1.72. The Kier molecular flexibility index (Phi) is 5.90. The number of aryl methyl sites for hydroxylation is 1.